The van der Waals surface area contributed by atoms with Crippen LogP contribution in [0, 0.1) is 6.92 Å². The van der Waals surface area contributed by atoms with Gasteiger partial charge in [0, 0.05) is 37.9 Å². The zero-order valence-corrected chi connectivity index (χ0v) is 14.7. The first-order valence-electron chi connectivity index (χ1n) is 7.74. The Balaban J connectivity index is 1.55. The van der Waals surface area contributed by atoms with Crippen molar-refractivity contribution in [3.8, 4) is 0 Å². The van der Waals surface area contributed by atoms with Crippen molar-refractivity contribution in [2.45, 2.75) is 6.92 Å². The van der Waals surface area contributed by atoms with Gasteiger partial charge in [-0.25, -0.2) is 4.98 Å². The summed E-state index contributed by atoms with van der Waals surface area (Å²) in [7, 11) is 0. The number of hydrogen-bond acceptors (Lipinski definition) is 6. The van der Waals surface area contributed by atoms with E-state index >= 15 is 0 Å². The smallest absolute Gasteiger partial charge is 0.275 e. The zero-order chi connectivity index (χ0) is 16.7. The van der Waals surface area contributed by atoms with Crippen LogP contribution < -0.4 is 15.4 Å². The molecular formula is C16H16ClN5OS. The second-order valence-electron chi connectivity index (χ2n) is 5.74. The minimum Gasteiger partial charge on any atom is -0.367 e. The molecule has 3 heterocycles. The van der Waals surface area contributed by atoms with E-state index in [0.717, 1.165) is 47.7 Å². The minimum atomic E-state index is -0.130. The molecule has 0 bridgehead atoms. The molecular weight excluding hydrogens is 346 g/mol. The fourth-order valence-corrected chi connectivity index (χ4v) is 4.14. The highest BCUT2D eigenvalue weighted by Crippen LogP contribution is 2.28. The number of benzene rings is 1. The van der Waals surface area contributed by atoms with Crippen molar-refractivity contribution in [2.75, 3.05) is 36.0 Å². The number of piperazine rings is 1. The lowest BCUT2D eigenvalue weighted by atomic mass is 10.2. The number of hydrogen-bond donors (Lipinski definition) is 0. The molecule has 0 unspecified atom stereocenters. The van der Waals surface area contributed by atoms with Crippen LogP contribution >= 0.6 is 22.9 Å². The lowest BCUT2D eigenvalue weighted by molar-refractivity contribution is 0.647. The Hall–Kier alpha value is -2.12. The minimum absolute atomic E-state index is 0.130. The predicted octanol–water partition coefficient (Wildman–Crippen LogP) is 2.44. The topological polar surface area (TPSA) is 53.7 Å². The highest BCUT2D eigenvalue weighted by molar-refractivity contribution is 7.20. The van der Waals surface area contributed by atoms with E-state index in [9.17, 15) is 4.79 Å². The summed E-state index contributed by atoms with van der Waals surface area (Å²) in [6, 6.07) is 9.41. The van der Waals surface area contributed by atoms with Gasteiger partial charge in [-0.05, 0) is 19.1 Å². The molecule has 0 spiro atoms. The lowest BCUT2D eigenvalue weighted by Crippen LogP contribution is -2.46. The van der Waals surface area contributed by atoms with Crippen LogP contribution in [0.1, 0.15) is 5.69 Å². The van der Waals surface area contributed by atoms with E-state index in [-0.39, 0.29) is 5.56 Å². The Kier molecular flexibility index (Phi) is 3.90. The van der Waals surface area contributed by atoms with Gasteiger partial charge >= 0.3 is 0 Å². The molecule has 1 saturated heterocycles. The largest absolute Gasteiger partial charge is 0.367 e. The summed E-state index contributed by atoms with van der Waals surface area (Å²) < 4.78 is 1.38. The third-order valence-electron chi connectivity index (χ3n) is 4.11. The second kappa shape index (κ2) is 6.07. The molecule has 2 aromatic heterocycles. The molecule has 24 heavy (non-hydrogen) atoms. The molecule has 1 aliphatic heterocycles. The number of nitrogens with zero attached hydrogens (tertiary/aromatic N) is 5. The first-order chi connectivity index (χ1) is 11.6. The monoisotopic (exact) mass is 361 g/mol. The highest BCUT2D eigenvalue weighted by atomic mass is 35.5. The first-order valence-corrected chi connectivity index (χ1v) is 8.93. The van der Waals surface area contributed by atoms with Crippen molar-refractivity contribution in [1.82, 2.24) is 14.6 Å². The maximum absolute atomic E-state index is 12.0. The van der Waals surface area contributed by atoms with Gasteiger partial charge in [-0.1, -0.05) is 35.1 Å². The Morgan fingerprint density at radius 1 is 1.12 bits per heavy atom. The summed E-state index contributed by atoms with van der Waals surface area (Å²) in [5.41, 5.74) is 1.66. The molecule has 8 heteroatoms. The maximum atomic E-state index is 12.0. The molecule has 124 valence electrons. The Morgan fingerprint density at radius 2 is 1.83 bits per heavy atom. The number of para-hydroxylation sites is 1. The van der Waals surface area contributed by atoms with Crippen LogP contribution in [0.25, 0.3) is 4.96 Å². The van der Waals surface area contributed by atoms with Crippen LogP contribution in [0.3, 0.4) is 0 Å². The molecule has 0 aliphatic carbocycles. The van der Waals surface area contributed by atoms with Crippen molar-refractivity contribution in [2.24, 2.45) is 0 Å². The summed E-state index contributed by atoms with van der Waals surface area (Å²) in [6.07, 6.45) is 0. The molecule has 1 aromatic carbocycles. The molecule has 0 atom stereocenters. The normalized spacial score (nSPS) is 15.2. The van der Waals surface area contributed by atoms with Crippen LogP contribution in [0.15, 0.2) is 35.1 Å². The molecule has 1 fully saturated rings. The van der Waals surface area contributed by atoms with Gasteiger partial charge in [-0.3, -0.25) is 4.79 Å². The number of anilines is 2. The van der Waals surface area contributed by atoms with Crippen LogP contribution in [0.4, 0.5) is 10.8 Å². The molecule has 4 rings (SSSR count). The van der Waals surface area contributed by atoms with Crippen molar-refractivity contribution < 1.29 is 0 Å². The van der Waals surface area contributed by atoms with Gasteiger partial charge in [-0.15, -0.1) is 5.10 Å². The molecule has 0 amide bonds. The van der Waals surface area contributed by atoms with Gasteiger partial charge in [0.1, 0.15) is 0 Å². The first kappa shape index (κ1) is 15.4. The van der Waals surface area contributed by atoms with E-state index in [1.807, 2.05) is 31.2 Å². The third-order valence-corrected chi connectivity index (χ3v) is 5.39. The predicted molar refractivity (Wildman–Crippen MR) is 97.7 cm³/mol. The zero-order valence-electron chi connectivity index (χ0n) is 13.1. The molecule has 1 aliphatic rings. The molecule has 0 saturated carbocycles. The van der Waals surface area contributed by atoms with Crippen molar-refractivity contribution in [1.29, 1.82) is 0 Å². The summed E-state index contributed by atoms with van der Waals surface area (Å²) in [4.78, 5) is 21.5. The van der Waals surface area contributed by atoms with Crippen molar-refractivity contribution in [3.63, 3.8) is 0 Å². The van der Waals surface area contributed by atoms with Gasteiger partial charge in [0.05, 0.1) is 10.7 Å². The fourth-order valence-electron chi connectivity index (χ4n) is 2.88. The quantitative estimate of drug-likeness (QED) is 0.701. The molecule has 0 N–H and O–H groups in total. The summed E-state index contributed by atoms with van der Waals surface area (Å²) >= 11 is 7.74. The molecule has 3 aromatic rings. The van der Waals surface area contributed by atoms with E-state index in [1.165, 1.54) is 21.9 Å². The van der Waals surface area contributed by atoms with Gasteiger partial charge in [0.15, 0.2) is 0 Å². The van der Waals surface area contributed by atoms with E-state index in [0.29, 0.717) is 4.96 Å². The second-order valence-corrected chi connectivity index (χ2v) is 7.08. The van der Waals surface area contributed by atoms with Crippen LogP contribution in [-0.4, -0.2) is 40.8 Å². The van der Waals surface area contributed by atoms with Crippen molar-refractivity contribution >= 4 is 38.7 Å². The van der Waals surface area contributed by atoms with Gasteiger partial charge in [0.25, 0.3) is 5.56 Å². The summed E-state index contributed by atoms with van der Waals surface area (Å²) in [6.45, 7) is 5.21. The van der Waals surface area contributed by atoms with Gasteiger partial charge in [-0.2, -0.15) is 4.52 Å². The maximum Gasteiger partial charge on any atom is 0.275 e. The number of fused-ring (bicyclic) bond motifs is 1. The van der Waals surface area contributed by atoms with Crippen LogP contribution in [0.5, 0.6) is 0 Å². The Bertz CT molecular complexity index is 945. The van der Waals surface area contributed by atoms with E-state index < -0.39 is 0 Å². The van der Waals surface area contributed by atoms with E-state index in [1.54, 1.807) is 0 Å². The standard InChI is InChI=1S/C16H16ClN5OS/c1-11-10-14(23)22-15(18-11)24-16(19-22)21-8-6-20(7-9-21)13-5-3-2-4-12(13)17/h2-5,10H,6-9H2,1H3. The van der Waals surface area contributed by atoms with Gasteiger partial charge in [0.2, 0.25) is 10.1 Å². The summed E-state index contributed by atoms with van der Waals surface area (Å²) in [5.74, 6) is 0. The lowest BCUT2D eigenvalue weighted by Gasteiger charge is -2.36. The molecule has 6 nitrogen and oxygen atoms in total. The highest BCUT2D eigenvalue weighted by Gasteiger charge is 2.22. The number of halogens is 1. The SMILES string of the molecule is Cc1cc(=O)n2nc(N3CCN(c4ccccc4Cl)CC3)sc2n1. The van der Waals surface area contributed by atoms with Gasteiger partial charge < -0.3 is 9.80 Å². The number of aryl methyl sites for hydroxylation is 1. The Morgan fingerprint density at radius 3 is 2.58 bits per heavy atom. The average molecular weight is 362 g/mol. The van der Waals surface area contributed by atoms with Crippen molar-refractivity contribution in [3.05, 3.63) is 51.4 Å². The number of aromatic nitrogens is 3. The molecule has 0 radical (unpaired) electrons. The van der Waals surface area contributed by atoms with E-state index in [4.69, 9.17) is 11.6 Å². The Labute approximate surface area is 147 Å². The van der Waals surface area contributed by atoms with Crippen LogP contribution in [-0.2, 0) is 0 Å². The average Bonchev–Trinajstić information content (AvgIpc) is 3.00. The number of rotatable bonds is 2. The summed E-state index contributed by atoms with van der Waals surface area (Å²) in [5, 5.41) is 6.05. The van der Waals surface area contributed by atoms with E-state index in [2.05, 4.69) is 19.9 Å². The third kappa shape index (κ3) is 2.74. The fraction of sp³-hybridized carbons (Fsp3) is 0.312. The van der Waals surface area contributed by atoms with Crippen LogP contribution in [0.2, 0.25) is 5.02 Å².